The lowest BCUT2D eigenvalue weighted by Crippen LogP contribution is -2.26. The molecular weight excluding hydrogens is 302 g/mol. The summed E-state index contributed by atoms with van der Waals surface area (Å²) in [5, 5.41) is 3.07. The van der Waals surface area contributed by atoms with Crippen molar-refractivity contribution >= 4 is 21.8 Å². The summed E-state index contributed by atoms with van der Waals surface area (Å²) >= 11 is 3.45. The van der Waals surface area contributed by atoms with E-state index in [1.54, 1.807) is 0 Å². The zero-order valence-corrected chi connectivity index (χ0v) is 12.9. The van der Waals surface area contributed by atoms with E-state index in [-0.39, 0.29) is 11.9 Å². The van der Waals surface area contributed by atoms with Gasteiger partial charge in [-0.2, -0.15) is 0 Å². The van der Waals surface area contributed by atoms with Gasteiger partial charge in [-0.15, -0.1) is 0 Å². The van der Waals surface area contributed by atoms with Crippen molar-refractivity contribution in [2.24, 2.45) is 0 Å². The molecule has 19 heavy (non-hydrogen) atoms. The second kappa shape index (κ2) is 6.90. The van der Waals surface area contributed by atoms with E-state index in [4.69, 9.17) is 0 Å². The van der Waals surface area contributed by atoms with E-state index >= 15 is 0 Å². The quantitative estimate of drug-likeness (QED) is 0.812. The molecule has 1 atom stereocenters. The SMILES string of the molecule is CC(NC(=O)CC1=CCCCC1)c1cccc(Br)c1. The molecular formula is C16H20BrNO. The minimum atomic E-state index is 0.0502. The Labute approximate surface area is 123 Å². The molecule has 0 saturated carbocycles. The van der Waals surface area contributed by atoms with E-state index in [0.717, 1.165) is 22.9 Å². The minimum Gasteiger partial charge on any atom is -0.349 e. The van der Waals surface area contributed by atoms with Crippen molar-refractivity contribution in [2.45, 2.75) is 45.1 Å². The molecule has 0 aromatic heterocycles. The standard InChI is InChI=1S/C16H20BrNO/c1-12(14-8-5-9-15(17)11-14)18-16(19)10-13-6-3-2-4-7-13/h5-6,8-9,11-12H,2-4,7,10H2,1H3,(H,18,19). The lowest BCUT2D eigenvalue weighted by Gasteiger charge is -2.17. The van der Waals surface area contributed by atoms with Crippen LogP contribution in [0, 0.1) is 0 Å². The molecule has 1 unspecified atom stereocenters. The second-order valence-corrected chi connectivity index (χ2v) is 6.04. The van der Waals surface area contributed by atoms with Gasteiger partial charge in [-0.3, -0.25) is 4.79 Å². The normalized spacial score (nSPS) is 16.6. The maximum atomic E-state index is 12.0. The fraction of sp³-hybridized carbons (Fsp3) is 0.438. The molecule has 1 aromatic rings. The van der Waals surface area contributed by atoms with Crippen molar-refractivity contribution in [2.75, 3.05) is 0 Å². The third kappa shape index (κ3) is 4.50. The lowest BCUT2D eigenvalue weighted by molar-refractivity contribution is -0.121. The van der Waals surface area contributed by atoms with E-state index in [0.29, 0.717) is 6.42 Å². The van der Waals surface area contributed by atoms with Gasteiger partial charge in [0.05, 0.1) is 6.04 Å². The Bertz CT molecular complexity index is 481. The molecule has 1 N–H and O–H groups in total. The minimum absolute atomic E-state index is 0.0502. The number of nitrogens with one attached hydrogen (secondary N) is 1. The molecule has 0 bridgehead atoms. The predicted octanol–water partition coefficient (Wildman–Crippen LogP) is 4.52. The molecule has 1 aromatic carbocycles. The molecule has 0 aliphatic heterocycles. The average molecular weight is 322 g/mol. The third-order valence-electron chi connectivity index (χ3n) is 3.50. The topological polar surface area (TPSA) is 29.1 Å². The Morgan fingerprint density at radius 1 is 1.42 bits per heavy atom. The van der Waals surface area contributed by atoms with E-state index in [1.807, 2.05) is 31.2 Å². The summed E-state index contributed by atoms with van der Waals surface area (Å²) in [6, 6.07) is 8.12. The number of allylic oxidation sites excluding steroid dienone is 1. The van der Waals surface area contributed by atoms with Gasteiger partial charge in [0.15, 0.2) is 0 Å². The Kier molecular flexibility index (Phi) is 5.20. The summed E-state index contributed by atoms with van der Waals surface area (Å²) in [7, 11) is 0. The summed E-state index contributed by atoms with van der Waals surface area (Å²) in [4.78, 5) is 12.0. The Balaban J connectivity index is 1.89. The molecule has 2 nitrogen and oxygen atoms in total. The first-order chi connectivity index (χ1) is 9.15. The van der Waals surface area contributed by atoms with Crippen molar-refractivity contribution < 1.29 is 4.79 Å². The van der Waals surface area contributed by atoms with Gasteiger partial charge < -0.3 is 5.32 Å². The number of benzene rings is 1. The summed E-state index contributed by atoms with van der Waals surface area (Å²) in [6.07, 6.45) is 7.48. The van der Waals surface area contributed by atoms with Gasteiger partial charge in [-0.05, 0) is 50.3 Å². The van der Waals surface area contributed by atoms with Gasteiger partial charge in [0.1, 0.15) is 0 Å². The zero-order chi connectivity index (χ0) is 13.7. The number of hydrogen-bond donors (Lipinski definition) is 1. The highest BCUT2D eigenvalue weighted by atomic mass is 79.9. The van der Waals surface area contributed by atoms with Crippen LogP contribution in [0.5, 0.6) is 0 Å². The molecule has 102 valence electrons. The largest absolute Gasteiger partial charge is 0.349 e. The van der Waals surface area contributed by atoms with Crippen molar-refractivity contribution in [3.05, 3.63) is 46.0 Å². The fourth-order valence-corrected chi connectivity index (χ4v) is 2.84. The fourth-order valence-electron chi connectivity index (χ4n) is 2.42. The molecule has 0 radical (unpaired) electrons. The molecule has 3 heteroatoms. The highest BCUT2D eigenvalue weighted by Crippen LogP contribution is 2.21. The van der Waals surface area contributed by atoms with Gasteiger partial charge >= 0.3 is 0 Å². The molecule has 2 rings (SSSR count). The average Bonchev–Trinajstić information content (AvgIpc) is 2.39. The van der Waals surface area contributed by atoms with E-state index in [1.165, 1.54) is 18.4 Å². The van der Waals surface area contributed by atoms with Crippen LogP contribution in [0.2, 0.25) is 0 Å². The number of hydrogen-bond acceptors (Lipinski definition) is 1. The van der Waals surface area contributed by atoms with Crippen molar-refractivity contribution in [3.8, 4) is 0 Å². The smallest absolute Gasteiger partial charge is 0.224 e. The number of carbonyl (C=O) groups excluding carboxylic acids is 1. The molecule has 0 fully saturated rings. The zero-order valence-electron chi connectivity index (χ0n) is 11.3. The van der Waals surface area contributed by atoms with Gasteiger partial charge in [0.25, 0.3) is 0 Å². The first-order valence-electron chi connectivity index (χ1n) is 6.88. The number of rotatable bonds is 4. The molecule has 0 spiro atoms. The van der Waals surface area contributed by atoms with Gasteiger partial charge in [-0.1, -0.05) is 39.7 Å². The maximum absolute atomic E-state index is 12.0. The van der Waals surface area contributed by atoms with Crippen LogP contribution in [0.15, 0.2) is 40.4 Å². The monoisotopic (exact) mass is 321 g/mol. The van der Waals surface area contributed by atoms with Crippen LogP contribution in [0.1, 0.15) is 50.6 Å². The Morgan fingerprint density at radius 2 is 2.26 bits per heavy atom. The highest BCUT2D eigenvalue weighted by molar-refractivity contribution is 9.10. The van der Waals surface area contributed by atoms with Crippen LogP contribution < -0.4 is 5.32 Å². The molecule has 1 aliphatic carbocycles. The van der Waals surface area contributed by atoms with Crippen molar-refractivity contribution in [1.82, 2.24) is 5.32 Å². The highest BCUT2D eigenvalue weighted by Gasteiger charge is 2.12. The van der Waals surface area contributed by atoms with Crippen molar-refractivity contribution in [1.29, 1.82) is 0 Å². The van der Waals surface area contributed by atoms with Gasteiger partial charge in [0, 0.05) is 10.9 Å². The second-order valence-electron chi connectivity index (χ2n) is 5.13. The Morgan fingerprint density at radius 3 is 2.95 bits per heavy atom. The van der Waals surface area contributed by atoms with E-state index < -0.39 is 0 Å². The molecule has 1 amide bonds. The molecule has 1 aliphatic rings. The summed E-state index contributed by atoms with van der Waals surface area (Å²) < 4.78 is 1.04. The van der Waals surface area contributed by atoms with Crippen LogP contribution in [-0.2, 0) is 4.79 Å². The van der Waals surface area contributed by atoms with Crippen LogP contribution in [0.25, 0.3) is 0 Å². The Hall–Kier alpha value is -1.09. The number of halogens is 1. The summed E-state index contributed by atoms with van der Waals surface area (Å²) in [5.41, 5.74) is 2.42. The first-order valence-corrected chi connectivity index (χ1v) is 7.67. The third-order valence-corrected chi connectivity index (χ3v) is 3.99. The molecule has 0 saturated heterocycles. The number of carbonyl (C=O) groups is 1. The lowest BCUT2D eigenvalue weighted by atomic mass is 9.97. The van der Waals surface area contributed by atoms with E-state index in [9.17, 15) is 4.79 Å². The van der Waals surface area contributed by atoms with Crippen LogP contribution in [0.4, 0.5) is 0 Å². The molecule has 0 heterocycles. The first kappa shape index (κ1) is 14.3. The van der Waals surface area contributed by atoms with Crippen LogP contribution in [0.3, 0.4) is 0 Å². The summed E-state index contributed by atoms with van der Waals surface area (Å²) in [6.45, 7) is 2.02. The van der Waals surface area contributed by atoms with Crippen LogP contribution >= 0.6 is 15.9 Å². The predicted molar refractivity (Wildman–Crippen MR) is 81.9 cm³/mol. The van der Waals surface area contributed by atoms with Crippen LogP contribution in [-0.4, -0.2) is 5.91 Å². The van der Waals surface area contributed by atoms with Gasteiger partial charge in [-0.25, -0.2) is 0 Å². The van der Waals surface area contributed by atoms with Crippen molar-refractivity contribution in [3.63, 3.8) is 0 Å². The maximum Gasteiger partial charge on any atom is 0.224 e. The van der Waals surface area contributed by atoms with Gasteiger partial charge in [0.2, 0.25) is 5.91 Å². The summed E-state index contributed by atoms with van der Waals surface area (Å²) in [5.74, 6) is 0.126. The van der Waals surface area contributed by atoms with E-state index in [2.05, 4.69) is 27.3 Å². The number of amides is 1.